The fourth-order valence-electron chi connectivity index (χ4n) is 11.0. The first-order chi connectivity index (χ1) is 39.9. The Hall–Kier alpha value is -8.20. The molecule has 0 spiro atoms. The van der Waals surface area contributed by atoms with Gasteiger partial charge >= 0.3 is 12.4 Å². The smallest absolute Gasteiger partial charge is 0.433 e. The first-order valence-electron chi connectivity index (χ1n) is 26.3. The fourth-order valence-corrected chi connectivity index (χ4v) is 11.0. The number of aliphatic hydroxyl groups is 2. The van der Waals surface area contributed by atoms with E-state index in [0.29, 0.717) is 31.7 Å². The highest BCUT2D eigenvalue weighted by atomic mass is 19.4. The molecule has 0 radical (unpaired) electrons. The molecule has 84 heavy (non-hydrogen) atoms. The van der Waals surface area contributed by atoms with Crippen molar-refractivity contribution in [3.8, 4) is 34.0 Å². The molecule has 4 aromatic heterocycles. The molecule has 0 aliphatic carbocycles. The Kier molecular flexibility index (Phi) is 17.4. The molecule has 2 N–H and O–H groups in total. The summed E-state index contributed by atoms with van der Waals surface area (Å²) in [6, 6.07) is 17.6. The lowest BCUT2D eigenvalue weighted by atomic mass is 10.0. The van der Waals surface area contributed by atoms with E-state index in [2.05, 4.69) is 20.2 Å². The first-order valence-corrected chi connectivity index (χ1v) is 26.3. The predicted molar refractivity (Wildman–Crippen MR) is 286 cm³/mol. The number of piperazine rings is 2. The van der Waals surface area contributed by atoms with Crippen molar-refractivity contribution in [2.45, 2.75) is 64.2 Å². The zero-order valence-corrected chi connectivity index (χ0v) is 46.0. The second-order valence-electron chi connectivity index (χ2n) is 20.3. The van der Waals surface area contributed by atoms with Crippen LogP contribution in [0.15, 0.2) is 97.3 Å². The van der Waals surface area contributed by atoms with E-state index in [0.717, 1.165) is 24.5 Å². The second kappa shape index (κ2) is 24.2. The number of hydrogen-bond acceptors (Lipinski definition) is 12. The number of fused-ring (bicyclic) bond motifs is 2. The topological polar surface area (TPSA) is 166 Å². The van der Waals surface area contributed by atoms with Gasteiger partial charge in [-0.1, -0.05) is 24.3 Å². The zero-order chi connectivity index (χ0) is 60.7. The van der Waals surface area contributed by atoms with Gasteiger partial charge < -0.3 is 29.5 Å². The minimum Gasteiger partial charge on any atom is -0.497 e. The summed E-state index contributed by atoms with van der Waals surface area (Å²) < 4.78 is 154. The number of halogens is 10. The third-order valence-corrected chi connectivity index (χ3v) is 15.2. The van der Waals surface area contributed by atoms with Crippen LogP contribution in [0, 0.1) is 37.1 Å². The summed E-state index contributed by atoms with van der Waals surface area (Å²) in [4.78, 5) is 42.9. The molecule has 2 amide bonds. The predicted octanol–water partition coefficient (Wildman–Crippen LogP) is 9.78. The van der Waals surface area contributed by atoms with Gasteiger partial charge in [-0.25, -0.2) is 36.6 Å². The molecule has 26 heteroatoms. The maximum absolute atomic E-state index is 14.5. The number of ether oxygens (including phenoxy) is 2. The van der Waals surface area contributed by atoms with Gasteiger partial charge in [0.15, 0.2) is 46.0 Å². The van der Waals surface area contributed by atoms with Crippen molar-refractivity contribution in [3.05, 3.63) is 165 Å². The Bertz CT molecular complexity index is 3490. The van der Waals surface area contributed by atoms with Crippen molar-refractivity contribution in [3.63, 3.8) is 0 Å². The molecular formula is C58H56F10N10O6. The van der Waals surface area contributed by atoms with E-state index in [1.165, 1.54) is 62.1 Å². The molecule has 0 bridgehead atoms. The van der Waals surface area contributed by atoms with Crippen LogP contribution in [0.3, 0.4) is 0 Å². The number of carbonyl (C=O) groups excluding carboxylic acids is 2. The summed E-state index contributed by atoms with van der Waals surface area (Å²) in [5, 5.41) is 27.8. The van der Waals surface area contributed by atoms with Crippen molar-refractivity contribution in [1.29, 1.82) is 0 Å². The quantitative estimate of drug-likeness (QED) is 0.111. The average Bonchev–Trinajstić information content (AvgIpc) is 1.75. The number of benzene rings is 4. The lowest BCUT2D eigenvalue weighted by Crippen LogP contribution is -2.55. The lowest BCUT2D eigenvalue weighted by molar-refractivity contribution is -0.144. The van der Waals surface area contributed by atoms with E-state index in [1.54, 1.807) is 72.2 Å². The van der Waals surface area contributed by atoms with Crippen LogP contribution in [0.25, 0.3) is 33.8 Å². The van der Waals surface area contributed by atoms with Gasteiger partial charge in [0.2, 0.25) is 0 Å². The van der Waals surface area contributed by atoms with Crippen molar-refractivity contribution in [2.24, 2.45) is 0 Å². The molecule has 2 saturated heterocycles. The van der Waals surface area contributed by atoms with E-state index < -0.39 is 96.2 Å². The summed E-state index contributed by atoms with van der Waals surface area (Å²) in [6.07, 6.45) is -7.42. The molecule has 8 aromatic rings. The largest absolute Gasteiger partial charge is 0.497 e. The molecule has 2 aliphatic heterocycles. The number of alkyl halides is 6. The Morgan fingerprint density at radius 1 is 0.571 bits per heavy atom. The van der Waals surface area contributed by atoms with Crippen LogP contribution in [0.2, 0.25) is 0 Å². The summed E-state index contributed by atoms with van der Waals surface area (Å²) in [5.74, 6) is -4.27. The number of amides is 2. The van der Waals surface area contributed by atoms with Gasteiger partial charge in [-0.3, -0.25) is 19.4 Å². The molecular weight excluding hydrogens is 1120 g/mol. The number of nitrogens with zero attached hydrogens (tertiary/aromatic N) is 10. The molecule has 4 aromatic carbocycles. The normalized spacial score (nSPS) is 17.1. The van der Waals surface area contributed by atoms with Crippen LogP contribution in [0.4, 0.5) is 43.9 Å². The van der Waals surface area contributed by atoms with Crippen LogP contribution in [0.5, 0.6) is 11.5 Å². The Labute approximate surface area is 474 Å². The Balaban J connectivity index is 0.000000202. The van der Waals surface area contributed by atoms with Crippen LogP contribution >= 0.6 is 0 Å². The minimum atomic E-state index is -4.79. The number of hydrogen-bond donors (Lipinski definition) is 2. The van der Waals surface area contributed by atoms with Crippen LogP contribution in [0.1, 0.15) is 80.3 Å². The standard InChI is InChI=1S/2C29H28F5N5O3/c2*1-16-14-37(23(15-40)20-5-4-6-22(30)24(20)31)11-12-38(16)28(41)21-13-35-39-26(29(32,33)34)17(2)25(36-27(21)39)18-7-9-19(42-3)10-8-18/h2*4-10,13,16,23,40H,11-12,14-15H2,1-3H3/t16-,23+;16-,23-/m11/s1. The van der Waals surface area contributed by atoms with Crippen molar-refractivity contribution in [1.82, 2.24) is 48.8 Å². The fraction of sp³-hybridized carbons (Fsp3) is 0.345. The van der Waals surface area contributed by atoms with E-state index >= 15 is 0 Å². The van der Waals surface area contributed by atoms with Gasteiger partial charge in [0, 0.05) is 84.7 Å². The maximum Gasteiger partial charge on any atom is 0.433 e. The highest BCUT2D eigenvalue weighted by Gasteiger charge is 2.42. The van der Waals surface area contributed by atoms with Gasteiger partial charge in [0.25, 0.3) is 11.8 Å². The number of carbonyl (C=O) groups is 2. The molecule has 10 rings (SSSR count). The molecule has 4 atom stereocenters. The summed E-state index contributed by atoms with van der Waals surface area (Å²) >= 11 is 0. The lowest BCUT2D eigenvalue weighted by Gasteiger charge is -2.43. The van der Waals surface area contributed by atoms with E-state index in [4.69, 9.17) is 9.47 Å². The van der Waals surface area contributed by atoms with Crippen molar-refractivity contribution < 1.29 is 73.2 Å². The highest BCUT2D eigenvalue weighted by Crippen LogP contribution is 2.40. The molecule has 16 nitrogen and oxygen atoms in total. The molecule has 2 fully saturated rings. The van der Waals surface area contributed by atoms with Crippen LogP contribution in [-0.2, 0) is 12.4 Å². The monoisotopic (exact) mass is 1180 g/mol. The average molecular weight is 1180 g/mol. The molecule has 2 aliphatic rings. The SMILES string of the molecule is COc1ccc(-c2nc3c(C(=O)N4CCN([C@@H](CO)c5cccc(F)c5F)C[C@H]4C)cnn3c(C(F)(F)F)c2C)cc1.COc1ccc(-c2nc3c(C(=O)N4CCN([C@H](CO)c5cccc(F)c5F)C[C@H]4C)cnn3c(C(F)(F)F)c2C)cc1. The maximum atomic E-state index is 14.5. The molecule has 444 valence electrons. The Morgan fingerprint density at radius 2 is 0.929 bits per heavy atom. The van der Waals surface area contributed by atoms with Gasteiger partial charge in [-0.15, -0.1) is 0 Å². The second-order valence-corrected chi connectivity index (χ2v) is 20.3. The zero-order valence-electron chi connectivity index (χ0n) is 46.0. The molecule has 6 heterocycles. The molecule has 0 unspecified atom stereocenters. The molecule has 0 saturated carbocycles. The Morgan fingerprint density at radius 3 is 1.24 bits per heavy atom. The van der Waals surface area contributed by atoms with Crippen molar-refractivity contribution >= 4 is 23.1 Å². The first kappa shape index (κ1) is 60.4. The highest BCUT2D eigenvalue weighted by molar-refractivity contribution is 6.01. The number of aliphatic hydroxyl groups excluding tert-OH is 2. The summed E-state index contributed by atoms with van der Waals surface area (Å²) in [5.41, 5.74) is -2.18. The number of rotatable bonds is 12. The van der Waals surface area contributed by atoms with E-state index in [-0.39, 0.29) is 95.3 Å². The third kappa shape index (κ3) is 11.6. The number of methoxy groups -OCH3 is 2. The third-order valence-electron chi connectivity index (χ3n) is 15.2. The van der Waals surface area contributed by atoms with Gasteiger partial charge in [0.05, 0.1) is 63.3 Å². The van der Waals surface area contributed by atoms with Gasteiger partial charge in [-0.05, 0) is 88.4 Å². The number of aromatic nitrogens is 6. The van der Waals surface area contributed by atoms with E-state index in [9.17, 15) is 63.7 Å². The van der Waals surface area contributed by atoms with Crippen molar-refractivity contribution in [2.75, 3.05) is 66.7 Å². The minimum absolute atomic E-state index is 0.00239. The summed E-state index contributed by atoms with van der Waals surface area (Å²) in [7, 11) is 2.95. The van der Waals surface area contributed by atoms with E-state index in [1.807, 2.05) is 0 Å². The summed E-state index contributed by atoms with van der Waals surface area (Å²) in [6.45, 7) is 6.15. The van der Waals surface area contributed by atoms with Gasteiger partial charge in [0.1, 0.15) is 22.6 Å². The van der Waals surface area contributed by atoms with Crippen LogP contribution in [-0.4, -0.2) is 150 Å². The van der Waals surface area contributed by atoms with Gasteiger partial charge in [-0.2, -0.15) is 36.5 Å². The van der Waals surface area contributed by atoms with Crippen LogP contribution < -0.4 is 9.47 Å².